The molecule has 9 N–H and O–H groups in total. The molecule has 1 rings (SSSR count). The first-order valence-corrected chi connectivity index (χ1v) is 3.45. The first-order valence-electron chi connectivity index (χ1n) is 3.45. The van der Waals surface area contributed by atoms with Crippen LogP contribution in [0, 0.1) is 5.41 Å². The van der Waals surface area contributed by atoms with E-state index in [0.717, 1.165) is 6.92 Å². The molecule has 0 aliphatic carbocycles. The number of aromatic nitrogens is 2. The quantitative estimate of drug-likeness (QED) is 0.288. The van der Waals surface area contributed by atoms with Crippen LogP contribution in [0.25, 0.3) is 0 Å². The van der Waals surface area contributed by atoms with E-state index in [1.165, 1.54) is 6.33 Å². The average molecular weight is 216 g/mol. The van der Waals surface area contributed by atoms with E-state index < -0.39 is 5.97 Å². The molecule has 0 saturated carbocycles. The van der Waals surface area contributed by atoms with Gasteiger partial charge in [0.15, 0.2) is 5.96 Å². The highest BCUT2D eigenvalue weighted by molar-refractivity contribution is 5.71. The maximum absolute atomic E-state index is 9.00. The Kier molecular flexibility index (Phi) is 17.7. The molecule has 0 saturated heterocycles. The number of carboxylic acids is 1. The molecule has 0 spiro atoms. The van der Waals surface area contributed by atoms with E-state index in [2.05, 4.69) is 21.4 Å². The van der Waals surface area contributed by atoms with E-state index in [1.807, 2.05) is 0 Å². The van der Waals surface area contributed by atoms with Crippen molar-refractivity contribution in [1.82, 2.24) is 16.1 Å². The summed E-state index contributed by atoms with van der Waals surface area (Å²) in [6.45, 7) is 1.08. The Bertz CT molecular complexity index is 206. The van der Waals surface area contributed by atoms with E-state index >= 15 is 0 Å². The van der Waals surface area contributed by atoms with Crippen molar-refractivity contribution in [3.8, 4) is 0 Å². The number of hydrogen-bond acceptors (Lipinski definition) is 5. The molecule has 86 valence electrons. The van der Waals surface area contributed by atoms with Crippen molar-refractivity contribution in [2.75, 3.05) is 0 Å². The number of aliphatic carboxylic acids is 1. The normalized spacial score (nSPS) is 6.47. The lowest BCUT2D eigenvalue weighted by atomic mass is 10.7. The molecule has 0 aliphatic heterocycles. The molecule has 0 bridgehead atoms. The van der Waals surface area contributed by atoms with Crippen LogP contribution in [-0.2, 0) is 4.79 Å². The second-order valence-electron chi connectivity index (χ2n) is 1.88. The van der Waals surface area contributed by atoms with Crippen LogP contribution in [-0.4, -0.2) is 27.0 Å². The number of nitrogens with zero attached hydrogens (tertiary/aromatic N) is 2. The van der Waals surface area contributed by atoms with Gasteiger partial charge in [-0.2, -0.15) is 0 Å². The standard InChI is InChI=1S/C4H4N2.C2H4O2.CH5N3.H3N/c1-2-5-4-6-3-1;1-2(3)4;2-1(3)4;/h1-4H;1H3,(H,3,4);(H5,2,3,4);1H3. The summed E-state index contributed by atoms with van der Waals surface area (Å²) in [4.78, 5) is 16.3. The van der Waals surface area contributed by atoms with E-state index in [1.54, 1.807) is 18.5 Å². The summed E-state index contributed by atoms with van der Waals surface area (Å²) in [5.74, 6) is -1.17. The number of carbonyl (C=O) groups is 1. The van der Waals surface area contributed by atoms with Crippen LogP contribution < -0.4 is 17.6 Å². The largest absolute Gasteiger partial charge is 0.481 e. The molecular weight excluding hydrogens is 200 g/mol. The number of hydrogen-bond donors (Lipinski definition) is 5. The van der Waals surface area contributed by atoms with Gasteiger partial charge in [0, 0.05) is 19.3 Å². The molecule has 1 heterocycles. The summed E-state index contributed by atoms with van der Waals surface area (Å²) in [5, 5.41) is 13.5. The Hall–Kier alpha value is -2.22. The molecule has 0 aliphatic rings. The fourth-order valence-corrected chi connectivity index (χ4v) is 0.253. The van der Waals surface area contributed by atoms with Gasteiger partial charge in [0.1, 0.15) is 6.33 Å². The monoisotopic (exact) mass is 216 g/mol. The van der Waals surface area contributed by atoms with Gasteiger partial charge in [0.05, 0.1) is 0 Å². The Balaban J connectivity index is -0.000000145. The first kappa shape index (κ1) is 18.5. The molecule has 1 aromatic rings. The summed E-state index contributed by atoms with van der Waals surface area (Å²) in [6, 6.07) is 1.78. The minimum Gasteiger partial charge on any atom is -0.481 e. The van der Waals surface area contributed by atoms with Crippen molar-refractivity contribution >= 4 is 11.9 Å². The highest BCUT2D eigenvalue weighted by Gasteiger charge is 1.65. The molecule has 1 aromatic heterocycles. The van der Waals surface area contributed by atoms with E-state index in [9.17, 15) is 0 Å². The van der Waals surface area contributed by atoms with Crippen LogP contribution in [0.1, 0.15) is 6.92 Å². The minimum atomic E-state index is -0.833. The van der Waals surface area contributed by atoms with Crippen molar-refractivity contribution in [1.29, 1.82) is 5.41 Å². The highest BCUT2D eigenvalue weighted by Crippen LogP contribution is 1.66. The summed E-state index contributed by atoms with van der Waals surface area (Å²) in [7, 11) is 0. The van der Waals surface area contributed by atoms with Gasteiger partial charge in [-0.15, -0.1) is 0 Å². The molecule has 0 atom stereocenters. The maximum Gasteiger partial charge on any atom is 0.300 e. The average Bonchev–Trinajstić information content (AvgIpc) is 2.05. The molecule has 0 fully saturated rings. The smallest absolute Gasteiger partial charge is 0.300 e. The topological polar surface area (TPSA) is 174 Å². The van der Waals surface area contributed by atoms with Crippen molar-refractivity contribution in [2.45, 2.75) is 6.92 Å². The van der Waals surface area contributed by atoms with Crippen molar-refractivity contribution < 1.29 is 9.90 Å². The van der Waals surface area contributed by atoms with Gasteiger partial charge >= 0.3 is 0 Å². The second-order valence-corrected chi connectivity index (χ2v) is 1.88. The zero-order valence-electron chi connectivity index (χ0n) is 8.42. The SMILES string of the molecule is CC(=O)O.N.N=C(N)N.c1cncnc1. The predicted octanol–water partition coefficient (Wildman–Crippen LogP) is -0.432. The van der Waals surface area contributed by atoms with Crippen LogP contribution in [0.5, 0.6) is 0 Å². The Morgan fingerprint density at radius 3 is 1.67 bits per heavy atom. The fourth-order valence-electron chi connectivity index (χ4n) is 0.253. The lowest BCUT2D eigenvalue weighted by molar-refractivity contribution is -0.134. The Morgan fingerprint density at radius 2 is 1.60 bits per heavy atom. The first-order chi connectivity index (χ1) is 6.46. The van der Waals surface area contributed by atoms with Crippen LogP contribution in [0.3, 0.4) is 0 Å². The van der Waals surface area contributed by atoms with Gasteiger partial charge in [-0.05, 0) is 6.07 Å². The van der Waals surface area contributed by atoms with Crippen LogP contribution in [0.2, 0.25) is 0 Å². The molecule has 0 unspecified atom stereocenters. The number of rotatable bonds is 0. The minimum absolute atomic E-state index is 0. The Morgan fingerprint density at radius 1 is 1.33 bits per heavy atom. The number of nitrogens with one attached hydrogen (secondary N) is 1. The fraction of sp³-hybridized carbons (Fsp3) is 0.143. The molecule has 0 amide bonds. The molecule has 0 radical (unpaired) electrons. The lowest BCUT2D eigenvalue weighted by Crippen LogP contribution is -2.20. The van der Waals surface area contributed by atoms with Crippen LogP contribution >= 0.6 is 0 Å². The van der Waals surface area contributed by atoms with E-state index in [4.69, 9.17) is 15.3 Å². The third-order valence-corrected chi connectivity index (χ3v) is 0.478. The number of nitrogens with two attached hydrogens (primary N) is 2. The molecule has 8 nitrogen and oxygen atoms in total. The highest BCUT2D eigenvalue weighted by atomic mass is 16.4. The van der Waals surface area contributed by atoms with Crippen LogP contribution in [0.15, 0.2) is 24.8 Å². The van der Waals surface area contributed by atoms with Gasteiger partial charge in [-0.3, -0.25) is 10.2 Å². The Labute approximate surface area is 87.4 Å². The van der Waals surface area contributed by atoms with Gasteiger partial charge in [-0.1, -0.05) is 0 Å². The van der Waals surface area contributed by atoms with Gasteiger partial charge in [0.2, 0.25) is 0 Å². The number of carboxylic acid groups (broad SMARTS) is 1. The number of guanidine groups is 1. The second kappa shape index (κ2) is 14.3. The van der Waals surface area contributed by atoms with Crippen molar-refractivity contribution in [3.63, 3.8) is 0 Å². The van der Waals surface area contributed by atoms with Gasteiger partial charge in [0.25, 0.3) is 5.97 Å². The molecule has 8 heteroatoms. The lowest BCUT2D eigenvalue weighted by Gasteiger charge is -1.70. The molecular formula is C7H16N6O2. The third-order valence-electron chi connectivity index (χ3n) is 0.478. The third kappa shape index (κ3) is 78.9. The molecule has 15 heavy (non-hydrogen) atoms. The predicted molar refractivity (Wildman–Crippen MR) is 56.5 cm³/mol. The van der Waals surface area contributed by atoms with Crippen molar-refractivity contribution in [2.24, 2.45) is 11.5 Å². The summed E-state index contributed by atoms with van der Waals surface area (Å²) in [6.07, 6.45) is 4.88. The molecule has 0 aromatic carbocycles. The van der Waals surface area contributed by atoms with Crippen LogP contribution in [0.4, 0.5) is 0 Å². The van der Waals surface area contributed by atoms with Gasteiger partial charge in [-0.25, -0.2) is 9.97 Å². The summed E-state index contributed by atoms with van der Waals surface area (Å²) < 4.78 is 0. The summed E-state index contributed by atoms with van der Waals surface area (Å²) in [5.41, 5.74) is 8.94. The van der Waals surface area contributed by atoms with E-state index in [-0.39, 0.29) is 12.1 Å². The zero-order valence-corrected chi connectivity index (χ0v) is 8.42. The summed E-state index contributed by atoms with van der Waals surface area (Å²) >= 11 is 0. The maximum atomic E-state index is 9.00. The van der Waals surface area contributed by atoms with E-state index in [0.29, 0.717) is 0 Å². The van der Waals surface area contributed by atoms with Crippen molar-refractivity contribution in [3.05, 3.63) is 24.8 Å². The van der Waals surface area contributed by atoms with Gasteiger partial charge < -0.3 is 22.7 Å². The zero-order chi connectivity index (χ0) is 11.4.